The highest BCUT2D eigenvalue weighted by atomic mass is 16.2. The molecule has 1 saturated carbocycles. The van der Waals surface area contributed by atoms with Gasteiger partial charge < -0.3 is 10.2 Å². The molecule has 0 aliphatic heterocycles. The molecular weight excluding hydrogens is 248 g/mol. The first-order valence-corrected chi connectivity index (χ1v) is 7.63. The van der Waals surface area contributed by atoms with Crippen LogP contribution in [0.1, 0.15) is 31.2 Å². The topological polar surface area (TPSA) is 32.3 Å². The highest BCUT2D eigenvalue weighted by Crippen LogP contribution is 2.27. The van der Waals surface area contributed by atoms with Crippen LogP contribution in [-0.4, -0.2) is 37.5 Å². The zero-order valence-corrected chi connectivity index (χ0v) is 12.6. The van der Waals surface area contributed by atoms with E-state index in [0.717, 1.165) is 12.8 Å². The molecule has 2 atom stereocenters. The number of carbonyl (C=O) groups excluding carboxylic acids is 1. The molecule has 1 aromatic carbocycles. The lowest BCUT2D eigenvalue weighted by Crippen LogP contribution is -2.45. The fourth-order valence-corrected chi connectivity index (χ4v) is 3.10. The summed E-state index contributed by atoms with van der Waals surface area (Å²) < 4.78 is 0. The third-order valence-corrected chi connectivity index (χ3v) is 4.06. The average Bonchev–Trinajstić information content (AvgIpc) is 2.41. The highest BCUT2D eigenvalue weighted by molar-refractivity contribution is 5.78. The molecule has 1 fully saturated rings. The highest BCUT2D eigenvalue weighted by Gasteiger charge is 2.26. The predicted octanol–water partition coefficient (Wildman–Crippen LogP) is 2.47. The van der Waals surface area contributed by atoms with Crippen molar-refractivity contribution >= 4 is 5.91 Å². The lowest BCUT2D eigenvalue weighted by atomic mass is 9.80. The smallest absolute Gasteiger partial charge is 0.234 e. The van der Waals surface area contributed by atoms with Crippen LogP contribution in [0.15, 0.2) is 30.3 Å². The molecule has 2 rings (SSSR count). The second-order valence-electron chi connectivity index (χ2n) is 6.15. The van der Waals surface area contributed by atoms with Crippen molar-refractivity contribution in [2.24, 2.45) is 5.92 Å². The van der Waals surface area contributed by atoms with Gasteiger partial charge in [0.05, 0.1) is 6.54 Å². The molecule has 0 bridgehead atoms. The molecule has 0 spiro atoms. The number of carbonyl (C=O) groups is 1. The van der Waals surface area contributed by atoms with Crippen molar-refractivity contribution in [1.82, 2.24) is 10.2 Å². The summed E-state index contributed by atoms with van der Waals surface area (Å²) in [4.78, 5) is 13.9. The van der Waals surface area contributed by atoms with Crippen LogP contribution in [0.4, 0.5) is 0 Å². The second kappa shape index (κ2) is 7.44. The molecule has 0 heterocycles. The van der Waals surface area contributed by atoms with Gasteiger partial charge in [0.15, 0.2) is 0 Å². The van der Waals surface area contributed by atoms with Crippen LogP contribution in [0.5, 0.6) is 0 Å². The number of benzene rings is 1. The first kappa shape index (κ1) is 15.0. The van der Waals surface area contributed by atoms with Gasteiger partial charge in [-0.25, -0.2) is 0 Å². The number of likely N-dealkylation sites (N-methyl/N-ethyl adjacent to an activating group) is 1. The summed E-state index contributed by atoms with van der Waals surface area (Å²) in [5, 5.41) is 3.24. The van der Waals surface area contributed by atoms with E-state index in [2.05, 4.69) is 35.6 Å². The summed E-state index contributed by atoms with van der Waals surface area (Å²) in [6.07, 6.45) is 5.95. The average molecular weight is 274 g/mol. The van der Waals surface area contributed by atoms with E-state index in [4.69, 9.17) is 0 Å². The Labute approximate surface area is 122 Å². The van der Waals surface area contributed by atoms with E-state index in [1.807, 2.05) is 19.0 Å². The monoisotopic (exact) mass is 274 g/mol. The van der Waals surface area contributed by atoms with Crippen molar-refractivity contribution in [3.05, 3.63) is 35.9 Å². The van der Waals surface area contributed by atoms with Crippen LogP contribution in [-0.2, 0) is 11.2 Å². The van der Waals surface area contributed by atoms with E-state index >= 15 is 0 Å². The molecule has 0 radical (unpaired) electrons. The Bertz CT molecular complexity index is 416. The molecule has 1 N–H and O–H groups in total. The van der Waals surface area contributed by atoms with Gasteiger partial charge in [0.2, 0.25) is 5.91 Å². The Morgan fingerprint density at radius 1 is 1.20 bits per heavy atom. The largest absolute Gasteiger partial charge is 0.352 e. The quantitative estimate of drug-likeness (QED) is 0.894. The molecule has 20 heavy (non-hydrogen) atoms. The lowest BCUT2D eigenvalue weighted by molar-refractivity contribution is -0.123. The van der Waals surface area contributed by atoms with Crippen LogP contribution < -0.4 is 5.32 Å². The molecule has 1 aromatic rings. The number of hydrogen-bond donors (Lipinski definition) is 1. The number of nitrogens with zero attached hydrogens (tertiary/aromatic N) is 1. The zero-order chi connectivity index (χ0) is 14.4. The summed E-state index contributed by atoms with van der Waals surface area (Å²) in [6, 6.07) is 11.0. The van der Waals surface area contributed by atoms with Gasteiger partial charge in [-0.15, -0.1) is 0 Å². The fraction of sp³-hybridized carbons (Fsp3) is 0.588. The number of rotatable bonds is 5. The molecule has 3 nitrogen and oxygen atoms in total. The van der Waals surface area contributed by atoms with Crippen molar-refractivity contribution in [2.45, 2.75) is 38.1 Å². The summed E-state index contributed by atoms with van der Waals surface area (Å²) in [5.41, 5.74) is 1.38. The van der Waals surface area contributed by atoms with Crippen molar-refractivity contribution in [3.63, 3.8) is 0 Å². The van der Waals surface area contributed by atoms with Crippen LogP contribution >= 0.6 is 0 Å². The van der Waals surface area contributed by atoms with Gasteiger partial charge >= 0.3 is 0 Å². The first-order chi connectivity index (χ1) is 9.65. The Morgan fingerprint density at radius 3 is 2.60 bits per heavy atom. The van der Waals surface area contributed by atoms with Gasteiger partial charge in [-0.1, -0.05) is 43.2 Å². The van der Waals surface area contributed by atoms with Gasteiger partial charge in [-0.2, -0.15) is 0 Å². The van der Waals surface area contributed by atoms with E-state index in [-0.39, 0.29) is 5.91 Å². The Balaban J connectivity index is 1.93. The molecular formula is C17H26N2O. The van der Waals surface area contributed by atoms with Gasteiger partial charge in [0, 0.05) is 6.04 Å². The van der Waals surface area contributed by atoms with Crippen molar-refractivity contribution in [3.8, 4) is 0 Å². The van der Waals surface area contributed by atoms with E-state index in [1.165, 1.54) is 24.8 Å². The summed E-state index contributed by atoms with van der Waals surface area (Å²) >= 11 is 0. The molecule has 1 aliphatic carbocycles. The van der Waals surface area contributed by atoms with Gasteiger partial charge in [0.25, 0.3) is 0 Å². The van der Waals surface area contributed by atoms with Gasteiger partial charge in [-0.3, -0.25) is 4.79 Å². The SMILES string of the molecule is CN(C)CC(=O)N[C@@H]1CCCC[C@@H]1Cc1ccccc1. The number of nitrogens with one attached hydrogen (secondary N) is 1. The van der Waals surface area contributed by atoms with E-state index < -0.39 is 0 Å². The Hall–Kier alpha value is -1.35. The normalized spacial score (nSPS) is 22.8. The maximum absolute atomic E-state index is 12.0. The van der Waals surface area contributed by atoms with E-state index in [1.54, 1.807) is 0 Å². The molecule has 3 heteroatoms. The minimum absolute atomic E-state index is 0.153. The summed E-state index contributed by atoms with van der Waals surface area (Å²) in [5.74, 6) is 0.734. The Morgan fingerprint density at radius 2 is 1.90 bits per heavy atom. The lowest BCUT2D eigenvalue weighted by Gasteiger charge is -2.32. The first-order valence-electron chi connectivity index (χ1n) is 7.63. The standard InChI is InChI=1S/C17H26N2O/c1-19(2)13-17(20)18-16-11-7-6-10-15(16)12-14-8-4-3-5-9-14/h3-5,8-9,15-16H,6-7,10-13H2,1-2H3,(H,18,20)/t15-,16-/m1/s1. The third-order valence-electron chi connectivity index (χ3n) is 4.06. The van der Waals surface area contributed by atoms with Gasteiger partial charge in [0.1, 0.15) is 0 Å². The zero-order valence-electron chi connectivity index (χ0n) is 12.6. The van der Waals surface area contributed by atoms with Crippen molar-refractivity contribution in [1.29, 1.82) is 0 Å². The molecule has 110 valence electrons. The molecule has 0 aromatic heterocycles. The molecule has 0 saturated heterocycles. The van der Waals surface area contributed by atoms with Crippen molar-refractivity contribution < 1.29 is 4.79 Å². The number of amides is 1. The molecule has 1 aliphatic rings. The van der Waals surface area contributed by atoms with Crippen LogP contribution in [0.3, 0.4) is 0 Å². The molecule has 1 amide bonds. The van der Waals surface area contributed by atoms with Crippen LogP contribution in [0, 0.1) is 5.92 Å². The Kier molecular flexibility index (Phi) is 5.60. The summed E-state index contributed by atoms with van der Waals surface area (Å²) in [6.45, 7) is 0.481. The fourth-order valence-electron chi connectivity index (χ4n) is 3.10. The van der Waals surface area contributed by atoms with Gasteiger partial charge in [-0.05, 0) is 44.8 Å². The van der Waals surface area contributed by atoms with Crippen LogP contribution in [0.25, 0.3) is 0 Å². The maximum Gasteiger partial charge on any atom is 0.234 e. The minimum atomic E-state index is 0.153. The van der Waals surface area contributed by atoms with Crippen LogP contribution in [0.2, 0.25) is 0 Å². The third kappa shape index (κ3) is 4.64. The second-order valence-corrected chi connectivity index (χ2v) is 6.15. The predicted molar refractivity (Wildman–Crippen MR) is 82.6 cm³/mol. The maximum atomic E-state index is 12.0. The van der Waals surface area contributed by atoms with Crippen molar-refractivity contribution in [2.75, 3.05) is 20.6 Å². The summed E-state index contributed by atoms with van der Waals surface area (Å²) in [7, 11) is 3.86. The minimum Gasteiger partial charge on any atom is -0.352 e. The van der Waals surface area contributed by atoms with E-state index in [0.29, 0.717) is 18.5 Å². The van der Waals surface area contributed by atoms with E-state index in [9.17, 15) is 4.79 Å². The number of hydrogen-bond acceptors (Lipinski definition) is 2. The molecule has 0 unspecified atom stereocenters.